The Balaban J connectivity index is 1.81. The van der Waals surface area contributed by atoms with E-state index in [0.717, 1.165) is 18.0 Å². The molecule has 3 heterocycles. The molecule has 0 radical (unpaired) electrons. The third-order valence-electron chi connectivity index (χ3n) is 4.49. The van der Waals surface area contributed by atoms with E-state index in [1.54, 1.807) is 4.90 Å². The average Bonchev–Trinajstić information content (AvgIpc) is 3.05. The van der Waals surface area contributed by atoms with Crippen LogP contribution < -0.4 is 14.4 Å². The van der Waals surface area contributed by atoms with Crippen LogP contribution in [0.15, 0.2) is 30.3 Å². The predicted molar refractivity (Wildman–Crippen MR) is 70.9 cm³/mol. The summed E-state index contributed by atoms with van der Waals surface area (Å²) in [6.07, 6.45) is 1.19. The largest absolute Gasteiger partial charge is 0.454 e. The van der Waals surface area contributed by atoms with Crippen LogP contribution in [-0.4, -0.2) is 13.3 Å². The minimum absolute atomic E-state index is 0.349. The smallest absolute Gasteiger partial charge is 0.231 e. The number of rotatable bonds is 0. The third kappa shape index (κ3) is 1.21. The zero-order valence-corrected chi connectivity index (χ0v) is 10.5. The molecule has 1 N–H and O–H groups in total. The van der Waals surface area contributed by atoms with Gasteiger partial charge in [0.15, 0.2) is 11.5 Å². The van der Waals surface area contributed by atoms with Crippen molar-refractivity contribution in [1.82, 2.24) is 0 Å². The molecule has 0 amide bonds. The quantitative estimate of drug-likeness (QED) is 0.770. The molecule has 3 aliphatic heterocycles. The monoisotopic (exact) mass is 252 g/mol. The molecule has 0 bridgehead atoms. The van der Waals surface area contributed by atoms with Crippen molar-refractivity contribution in [3.05, 3.63) is 41.5 Å². The highest BCUT2D eigenvalue weighted by Gasteiger charge is 2.34. The van der Waals surface area contributed by atoms with Crippen LogP contribution in [0.5, 0.6) is 11.5 Å². The second-order valence-electron chi connectivity index (χ2n) is 5.48. The van der Waals surface area contributed by atoms with E-state index in [1.165, 1.54) is 40.9 Å². The topological polar surface area (TPSA) is 22.9 Å². The normalized spacial score (nSPS) is 21.2. The molecular formula is C16H14NO2+. The van der Waals surface area contributed by atoms with Crippen LogP contribution >= 0.6 is 0 Å². The summed E-state index contributed by atoms with van der Waals surface area (Å²) in [6, 6.07) is 11.0. The fraction of sp³-hybridized carbons (Fsp3) is 0.250. The molecule has 0 aliphatic carbocycles. The van der Waals surface area contributed by atoms with Gasteiger partial charge in [-0.3, -0.25) is 4.90 Å². The molecule has 5 rings (SSSR count). The van der Waals surface area contributed by atoms with E-state index in [4.69, 9.17) is 9.47 Å². The average molecular weight is 252 g/mol. The Kier molecular flexibility index (Phi) is 1.72. The van der Waals surface area contributed by atoms with Gasteiger partial charge >= 0.3 is 0 Å². The first kappa shape index (κ1) is 9.87. The molecule has 3 nitrogen and oxygen atoms in total. The fourth-order valence-corrected chi connectivity index (χ4v) is 3.65. The molecule has 0 aromatic heterocycles. The standard InChI is InChI=1S/C16H13NO2/c1-2-10-4-5-17-8-11-6-14-15(19-9-18-14)7-13(11)12(3-1)16(10)17/h1-3,6-7H,4-5,8-9H2/p+1. The van der Waals surface area contributed by atoms with Crippen LogP contribution in [0.1, 0.15) is 11.1 Å². The molecule has 0 saturated heterocycles. The zero-order chi connectivity index (χ0) is 12.4. The Morgan fingerprint density at radius 2 is 1.84 bits per heavy atom. The number of hydrogen-bond acceptors (Lipinski definition) is 2. The lowest BCUT2D eigenvalue weighted by Crippen LogP contribution is -3.05. The van der Waals surface area contributed by atoms with Crippen molar-refractivity contribution < 1.29 is 14.4 Å². The maximum atomic E-state index is 5.52. The Bertz CT molecular complexity index is 708. The summed E-state index contributed by atoms with van der Waals surface area (Å²) in [5, 5.41) is 0. The van der Waals surface area contributed by atoms with Gasteiger partial charge in [-0.1, -0.05) is 12.1 Å². The summed E-state index contributed by atoms with van der Waals surface area (Å²) in [4.78, 5) is 1.59. The van der Waals surface area contributed by atoms with E-state index in [0.29, 0.717) is 6.79 Å². The summed E-state index contributed by atoms with van der Waals surface area (Å²) < 4.78 is 11.0. The van der Waals surface area contributed by atoms with Gasteiger partial charge < -0.3 is 9.47 Å². The molecule has 0 saturated carbocycles. The van der Waals surface area contributed by atoms with Crippen molar-refractivity contribution in [1.29, 1.82) is 0 Å². The van der Waals surface area contributed by atoms with Crippen LogP contribution in [0.2, 0.25) is 0 Å². The van der Waals surface area contributed by atoms with Gasteiger partial charge in [-0.15, -0.1) is 0 Å². The van der Waals surface area contributed by atoms with Crippen LogP contribution in [0.4, 0.5) is 5.69 Å². The highest BCUT2D eigenvalue weighted by molar-refractivity contribution is 5.81. The summed E-state index contributed by atoms with van der Waals surface area (Å²) in [5.74, 6) is 1.79. The van der Waals surface area contributed by atoms with Crippen molar-refractivity contribution in [2.75, 3.05) is 13.3 Å². The maximum Gasteiger partial charge on any atom is 0.231 e. The van der Waals surface area contributed by atoms with E-state index < -0.39 is 0 Å². The summed E-state index contributed by atoms with van der Waals surface area (Å²) in [7, 11) is 0. The van der Waals surface area contributed by atoms with E-state index in [-0.39, 0.29) is 0 Å². The number of ether oxygens (including phenoxy) is 2. The number of benzene rings is 2. The molecule has 0 fully saturated rings. The lowest BCUT2D eigenvalue weighted by atomic mass is 9.92. The van der Waals surface area contributed by atoms with Crippen LogP contribution in [0, 0.1) is 0 Å². The molecule has 3 heteroatoms. The molecule has 2 aromatic carbocycles. The number of fused-ring (bicyclic) bond motifs is 3. The van der Waals surface area contributed by atoms with Gasteiger partial charge in [0.2, 0.25) is 6.79 Å². The van der Waals surface area contributed by atoms with Gasteiger partial charge in [-0.25, -0.2) is 0 Å². The van der Waals surface area contributed by atoms with Crippen LogP contribution in [0.3, 0.4) is 0 Å². The van der Waals surface area contributed by atoms with Crippen molar-refractivity contribution >= 4 is 5.69 Å². The second-order valence-corrected chi connectivity index (χ2v) is 5.48. The van der Waals surface area contributed by atoms with E-state index in [9.17, 15) is 0 Å². The van der Waals surface area contributed by atoms with Gasteiger partial charge in [0.05, 0.1) is 6.54 Å². The highest BCUT2D eigenvalue weighted by atomic mass is 16.7. The van der Waals surface area contributed by atoms with Gasteiger partial charge in [0.25, 0.3) is 0 Å². The van der Waals surface area contributed by atoms with E-state index >= 15 is 0 Å². The zero-order valence-electron chi connectivity index (χ0n) is 10.5. The summed E-state index contributed by atoms with van der Waals surface area (Å²) in [6.45, 7) is 2.62. The molecule has 3 aliphatic rings. The number of quaternary nitrogens is 1. The molecule has 0 spiro atoms. The van der Waals surface area contributed by atoms with Crippen molar-refractivity contribution in [2.45, 2.75) is 13.0 Å². The van der Waals surface area contributed by atoms with Gasteiger partial charge in [-0.05, 0) is 18.2 Å². The Morgan fingerprint density at radius 3 is 2.79 bits per heavy atom. The highest BCUT2D eigenvalue weighted by Crippen LogP contribution is 2.43. The van der Waals surface area contributed by atoms with Crippen molar-refractivity contribution in [2.24, 2.45) is 0 Å². The molecule has 94 valence electrons. The lowest BCUT2D eigenvalue weighted by molar-refractivity contribution is -0.841. The summed E-state index contributed by atoms with van der Waals surface area (Å²) in [5.41, 5.74) is 7.10. The van der Waals surface area contributed by atoms with Gasteiger partial charge in [-0.2, -0.15) is 0 Å². The maximum absolute atomic E-state index is 5.52. The first-order chi connectivity index (χ1) is 9.40. The Hall–Kier alpha value is -2.00. The first-order valence-corrected chi connectivity index (χ1v) is 6.80. The molecule has 1 atom stereocenters. The SMILES string of the molecule is c1cc2c3c(c1)-c1cc4c(cc1C[NH+]3CC2)OCO4. The first-order valence-electron chi connectivity index (χ1n) is 6.80. The summed E-state index contributed by atoms with van der Waals surface area (Å²) >= 11 is 0. The Labute approximate surface area is 111 Å². The molecule has 1 unspecified atom stereocenters. The Morgan fingerprint density at radius 1 is 0.947 bits per heavy atom. The van der Waals surface area contributed by atoms with Crippen LogP contribution in [-0.2, 0) is 13.0 Å². The van der Waals surface area contributed by atoms with Crippen LogP contribution in [0.25, 0.3) is 11.1 Å². The lowest BCUT2D eigenvalue weighted by Gasteiger charge is -2.24. The van der Waals surface area contributed by atoms with Crippen molar-refractivity contribution in [3.8, 4) is 22.6 Å². The second kappa shape index (κ2) is 3.31. The van der Waals surface area contributed by atoms with E-state index in [1.807, 2.05) is 0 Å². The number of nitrogens with one attached hydrogen (secondary N) is 1. The van der Waals surface area contributed by atoms with Gasteiger partial charge in [0, 0.05) is 28.7 Å². The number of para-hydroxylation sites is 1. The minimum Gasteiger partial charge on any atom is -0.454 e. The van der Waals surface area contributed by atoms with Crippen molar-refractivity contribution in [3.63, 3.8) is 0 Å². The molecular weight excluding hydrogens is 238 g/mol. The predicted octanol–water partition coefficient (Wildman–Crippen LogP) is 1.67. The number of hydrogen-bond donors (Lipinski definition) is 1. The fourth-order valence-electron chi connectivity index (χ4n) is 3.65. The molecule has 19 heavy (non-hydrogen) atoms. The van der Waals surface area contributed by atoms with E-state index in [2.05, 4.69) is 30.3 Å². The molecule has 2 aromatic rings. The third-order valence-corrected chi connectivity index (χ3v) is 4.49. The van der Waals surface area contributed by atoms with Gasteiger partial charge in [0.1, 0.15) is 12.2 Å². The minimum atomic E-state index is 0.349.